The van der Waals surface area contributed by atoms with Gasteiger partial charge in [0.15, 0.2) is 11.7 Å². The minimum absolute atomic E-state index is 0.429. The Morgan fingerprint density at radius 1 is 1.48 bits per heavy atom. The van der Waals surface area contributed by atoms with Crippen molar-refractivity contribution in [3.05, 3.63) is 16.1 Å². The Morgan fingerprint density at radius 3 is 2.84 bits per heavy atom. The van der Waals surface area contributed by atoms with Gasteiger partial charge in [0.05, 0.1) is 5.01 Å². The Morgan fingerprint density at radius 2 is 2.24 bits per heavy atom. The Hall–Kier alpha value is -1.31. The highest BCUT2D eigenvalue weighted by molar-refractivity contribution is 7.09. The molecule has 0 radical (unpaired) electrons. The van der Waals surface area contributed by atoms with Crippen LogP contribution in [0.15, 0.2) is 10.4 Å². The van der Waals surface area contributed by atoms with Crippen LogP contribution in [-0.2, 0) is 12.6 Å². The molecule has 0 amide bonds. The molecule has 4 nitrogen and oxygen atoms in total. The highest BCUT2D eigenvalue weighted by Gasteiger charge is 2.33. The summed E-state index contributed by atoms with van der Waals surface area (Å²) < 4.78 is 37.7. The van der Waals surface area contributed by atoms with Crippen LogP contribution in [0.2, 0.25) is 0 Å². The van der Waals surface area contributed by atoms with E-state index in [1.165, 1.54) is 12.8 Å². The number of nitrogens with one attached hydrogen (secondary N) is 1. The number of aromatic nitrogens is 1. The normalized spacial score (nSPS) is 19.1. The molecule has 0 aromatic carbocycles. The SMILES string of the molecule is CCNC(=NCCc1nc(C(F)(F)F)cs1)N1CCC(CC(C)C)C1. The number of guanidine groups is 1. The van der Waals surface area contributed by atoms with Gasteiger partial charge in [-0.15, -0.1) is 11.3 Å². The van der Waals surface area contributed by atoms with Crippen LogP contribution in [0.5, 0.6) is 0 Å². The predicted molar refractivity (Wildman–Crippen MR) is 95.9 cm³/mol. The van der Waals surface area contributed by atoms with Crippen molar-refractivity contribution in [1.29, 1.82) is 0 Å². The van der Waals surface area contributed by atoms with E-state index in [2.05, 4.69) is 34.0 Å². The summed E-state index contributed by atoms with van der Waals surface area (Å²) in [4.78, 5) is 10.5. The van der Waals surface area contributed by atoms with Crippen molar-refractivity contribution in [2.75, 3.05) is 26.2 Å². The van der Waals surface area contributed by atoms with Gasteiger partial charge in [-0.05, 0) is 31.6 Å². The molecule has 0 bridgehead atoms. The zero-order chi connectivity index (χ0) is 18.4. The predicted octanol–water partition coefficient (Wildman–Crippen LogP) is 4.04. The molecule has 2 rings (SSSR count). The second kappa shape index (κ2) is 8.87. The molecule has 1 saturated heterocycles. The summed E-state index contributed by atoms with van der Waals surface area (Å²) in [6.07, 6.45) is -1.55. The molecular weight excluding hydrogens is 349 g/mol. The average Bonchev–Trinajstić information content (AvgIpc) is 3.14. The molecule has 1 aromatic heterocycles. The largest absolute Gasteiger partial charge is 0.434 e. The zero-order valence-electron chi connectivity index (χ0n) is 15.1. The second-order valence-electron chi connectivity index (χ2n) is 6.84. The van der Waals surface area contributed by atoms with E-state index >= 15 is 0 Å². The van der Waals surface area contributed by atoms with E-state index in [9.17, 15) is 13.2 Å². The molecule has 1 aliphatic rings. The smallest absolute Gasteiger partial charge is 0.357 e. The molecule has 1 atom stereocenters. The first-order valence-electron chi connectivity index (χ1n) is 8.84. The van der Waals surface area contributed by atoms with Gasteiger partial charge in [-0.2, -0.15) is 13.2 Å². The molecule has 1 unspecified atom stereocenters. The van der Waals surface area contributed by atoms with Crippen LogP contribution < -0.4 is 5.32 Å². The van der Waals surface area contributed by atoms with E-state index in [4.69, 9.17) is 0 Å². The van der Waals surface area contributed by atoms with E-state index in [0.29, 0.717) is 29.8 Å². The lowest BCUT2D eigenvalue weighted by molar-refractivity contribution is -0.140. The fourth-order valence-electron chi connectivity index (χ4n) is 3.12. The maximum Gasteiger partial charge on any atom is 0.434 e. The number of hydrogen-bond acceptors (Lipinski definition) is 3. The highest BCUT2D eigenvalue weighted by atomic mass is 32.1. The molecule has 1 aromatic rings. The summed E-state index contributed by atoms with van der Waals surface area (Å²) in [5.74, 6) is 2.25. The maximum absolute atomic E-state index is 12.6. The molecule has 25 heavy (non-hydrogen) atoms. The average molecular weight is 376 g/mol. The van der Waals surface area contributed by atoms with Crippen molar-refractivity contribution in [2.24, 2.45) is 16.8 Å². The first-order valence-corrected chi connectivity index (χ1v) is 9.72. The first-order chi connectivity index (χ1) is 11.8. The van der Waals surface area contributed by atoms with Crippen LogP contribution in [0, 0.1) is 11.8 Å². The van der Waals surface area contributed by atoms with E-state index in [-0.39, 0.29) is 0 Å². The van der Waals surface area contributed by atoms with Crippen molar-refractivity contribution in [2.45, 2.75) is 46.2 Å². The quantitative estimate of drug-likeness (QED) is 0.602. The molecule has 0 aliphatic carbocycles. The molecule has 1 fully saturated rings. The van der Waals surface area contributed by atoms with Gasteiger partial charge in [-0.3, -0.25) is 4.99 Å². The molecular formula is C17H27F3N4S. The van der Waals surface area contributed by atoms with Gasteiger partial charge < -0.3 is 10.2 Å². The lowest BCUT2D eigenvalue weighted by Gasteiger charge is -2.22. The van der Waals surface area contributed by atoms with Gasteiger partial charge in [0, 0.05) is 38.0 Å². The van der Waals surface area contributed by atoms with E-state index in [1.54, 1.807) is 0 Å². The maximum atomic E-state index is 12.6. The van der Waals surface area contributed by atoms with Gasteiger partial charge in [-0.1, -0.05) is 13.8 Å². The molecule has 142 valence electrons. The van der Waals surface area contributed by atoms with Crippen molar-refractivity contribution in [3.63, 3.8) is 0 Å². The Kier molecular flexibility index (Phi) is 7.10. The summed E-state index contributed by atoms with van der Waals surface area (Å²) in [5.41, 5.74) is -0.806. The first kappa shape index (κ1) is 20.0. The standard InChI is InChI=1S/C17H27F3N4S/c1-4-21-16(24-8-6-13(10-24)9-12(2)3)22-7-5-15-23-14(11-25-15)17(18,19)20/h11-13H,4-10H2,1-3H3,(H,21,22). The lowest BCUT2D eigenvalue weighted by Crippen LogP contribution is -2.40. The number of rotatable bonds is 6. The summed E-state index contributed by atoms with van der Waals surface area (Å²) in [5, 5.41) is 4.84. The topological polar surface area (TPSA) is 40.5 Å². The third-order valence-corrected chi connectivity index (χ3v) is 5.06. The molecule has 0 saturated carbocycles. The van der Waals surface area contributed by atoms with Crippen LogP contribution in [0.4, 0.5) is 13.2 Å². The summed E-state index contributed by atoms with van der Waals surface area (Å²) in [7, 11) is 0. The Bertz CT molecular complexity index is 568. The summed E-state index contributed by atoms with van der Waals surface area (Å²) >= 11 is 1.05. The fourth-order valence-corrected chi connectivity index (χ4v) is 3.92. The number of halogens is 3. The summed E-state index contributed by atoms with van der Waals surface area (Å²) in [6.45, 7) is 9.71. The number of alkyl halides is 3. The van der Waals surface area contributed by atoms with Crippen LogP contribution in [0.25, 0.3) is 0 Å². The van der Waals surface area contributed by atoms with Crippen LogP contribution >= 0.6 is 11.3 Å². The van der Waals surface area contributed by atoms with E-state index in [1.807, 2.05) is 6.92 Å². The van der Waals surface area contributed by atoms with Crippen LogP contribution in [0.1, 0.15) is 44.3 Å². The number of hydrogen-bond donors (Lipinski definition) is 1. The zero-order valence-corrected chi connectivity index (χ0v) is 15.9. The Balaban J connectivity index is 1.90. The minimum Gasteiger partial charge on any atom is -0.357 e. The third-order valence-electron chi connectivity index (χ3n) is 4.15. The second-order valence-corrected chi connectivity index (χ2v) is 7.78. The van der Waals surface area contributed by atoms with Gasteiger partial charge in [0.2, 0.25) is 0 Å². The number of likely N-dealkylation sites (tertiary alicyclic amines) is 1. The van der Waals surface area contributed by atoms with Gasteiger partial charge in [-0.25, -0.2) is 4.98 Å². The Labute approximate surface area is 151 Å². The molecule has 2 heterocycles. The van der Waals surface area contributed by atoms with Crippen molar-refractivity contribution in [1.82, 2.24) is 15.2 Å². The van der Waals surface area contributed by atoms with Gasteiger partial charge in [0.1, 0.15) is 0 Å². The van der Waals surface area contributed by atoms with Crippen molar-refractivity contribution >= 4 is 17.3 Å². The molecule has 1 N–H and O–H groups in total. The minimum atomic E-state index is -4.37. The van der Waals surface area contributed by atoms with Crippen molar-refractivity contribution in [3.8, 4) is 0 Å². The van der Waals surface area contributed by atoms with Crippen molar-refractivity contribution < 1.29 is 13.2 Å². The molecule has 1 aliphatic heterocycles. The van der Waals surface area contributed by atoms with Gasteiger partial charge >= 0.3 is 6.18 Å². The monoisotopic (exact) mass is 376 g/mol. The number of nitrogens with zero attached hydrogens (tertiary/aromatic N) is 3. The van der Waals surface area contributed by atoms with Gasteiger partial charge in [0.25, 0.3) is 0 Å². The van der Waals surface area contributed by atoms with Crippen LogP contribution in [-0.4, -0.2) is 42.0 Å². The third kappa shape index (κ3) is 6.17. The molecule has 8 heteroatoms. The fraction of sp³-hybridized carbons (Fsp3) is 0.765. The van der Waals surface area contributed by atoms with E-state index < -0.39 is 11.9 Å². The lowest BCUT2D eigenvalue weighted by atomic mass is 9.97. The summed E-state index contributed by atoms with van der Waals surface area (Å²) in [6, 6.07) is 0. The van der Waals surface area contributed by atoms with Crippen LogP contribution in [0.3, 0.4) is 0 Å². The van der Waals surface area contributed by atoms with E-state index in [0.717, 1.165) is 42.3 Å². The number of aliphatic imine (C=N–C) groups is 1. The number of thiazole rings is 1. The molecule has 0 spiro atoms. The highest BCUT2D eigenvalue weighted by Crippen LogP contribution is 2.30.